The van der Waals surface area contributed by atoms with Crippen molar-refractivity contribution >= 4 is 44.7 Å². The van der Waals surface area contributed by atoms with Crippen molar-refractivity contribution in [1.82, 2.24) is 9.97 Å². The number of nitrogens with zero attached hydrogens (tertiary/aromatic N) is 2. The largest absolute Gasteiger partial charge is 0.465 e. The molecule has 0 amide bonds. The topological polar surface area (TPSA) is 110 Å². The molecule has 8 nitrogen and oxygen atoms in total. The van der Waals surface area contributed by atoms with E-state index in [4.69, 9.17) is 16.3 Å². The van der Waals surface area contributed by atoms with Crippen molar-refractivity contribution < 1.29 is 17.9 Å². The fourth-order valence-corrected chi connectivity index (χ4v) is 4.46. The van der Waals surface area contributed by atoms with Crippen molar-refractivity contribution in [3.05, 3.63) is 41.2 Å². The van der Waals surface area contributed by atoms with Gasteiger partial charge in [-0.25, -0.2) is 23.2 Å². The molecule has 138 valence electrons. The Labute approximate surface area is 155 Å². The Morgan fingerprint density at radius 1 is 1.27 bits per heavy atom. The number of carbonyl (C=O) groups is 1. The zero-order chi connectivity index (χ0) is 18.7. The number of carbonyl (C=O) groups excluding carboxylic acids is 1. The summed E-state index contributed by atoms with van der Waals surface area (Å²) in [7, 11) is -1.68. The Kier molecular flexibility index (Phi) is 5.28. The molecule has 2 aromatic rings. The molecular formula is C16H17ClN4O4S. The molecule has 1 aliphatic heterocycles. The summed E-state index contributed by atoms with van der Waals surface area (Å²) in [6, 6.07) is 6.18. The molecule has 1 unspecified atom stereocenters. The second-order valence-corrected chi connectivity index (χ2v) is 8.48. The van der Waals surface area contributed by atoms with Crippen molar-refractivity contribution in [2.24, 2.45) is 0 Å². The van der Waals surface area contributed by atoms with Crippen molar-refractivity contribution in [3.63, 3.8) is 0 Å². The molecule has 1 atom stereocenters. The number of nitrogens with one attached hydrogen (secondary N) is 2. The Hall–Kier alpha value is -2.39. The normalized spacial score (nSPS) is 18.3. The van der Waals surface area contributed by atoms with Crippen LogP contribution in [0.2, 0.25) is 5.02 Å². The first kappa shape index (κ1) is 18.4. The maximum absolute atomic E-state index is 11.7. The lowest BCUT2D eigenvalue weighted by Crippen LogP contribution is -2.21. The molecule has 0 saturated carbocycles. The molecule has 0 radical (unpaired) electrons. The molecule has 1 aromatic carbocycles. The highest BCUT2D eigenvalue weighted by Crippen LogP contribution is 2.27. The minimum absolute atomic E-state index is 0.0900. The van der Waals surface area contributed by atoms with Gasteiger partial charge in [-0.1, -0.05) is 11.6 Å². The number of benzene rings is 1. The zero-order valence-corrected chi connectivity index (χ0v) is 15.5. The molecule has 2 heterocycles. The second-order valence-electron chi connectivity index (χ2n) is 5.84. The van der Waals surface area contributed by atoms with Crippen LogP contribution in [0.4, 0.5) is 17.3 Å². The van der Waals surface area contributed by atoms with E-state index in [9.17, 15) is 13.2 Å². The lowest BCUT2D eigenvalue weighted by Gasteiger charge is -2.13. The van der Waals surface area contributed by atoms with Gasteiger partial charge in [0.25, 0.3) is 0 Å². The lowest BCUT2D eigenvalue weighted by atomic mass is 10.2. The van der Waals surface area contributed by atoms with Gasteiger partial charge in [0.1, 0.15) is 18.0 Å². The first-order valence-electron chi connectivity index (χ1n) is 7.80. The standard InChI is InChI=1S/C16H17ClN4O4S/c1-25-16(22)10-2-3-12(17)13(6-10)21-15-7-14(18-9-19-15)20-11-4-5-26(23,24)8-11/h2-3,6-7,9,11H,4-5,8H2,1H3,(H2,18,19,20,21). The molecule has 1 aliphatic rings. The molecular weight excluding hydrogens is 380 g/mol. The number of rotatable bonds is 5. The Morgan fingerprint density at radius 2 is 2.04 bits per heavy atom. The van der Waals surface area contributed by atoms with Crippen LogP contribution in [0.5, 0.6) is 0 Å². The number of sulfone groups is 1. The fraction of sp³-hybridized carbons (Fsp3) is 0.312. The van der Waals surface area contributed by atoms with Gasteiger partial charge in [-0.3, -0.25) is 0 Å². The molecule has 3 rings (SSSR count). The van der Waals surface area contributed by atoms with Crippen molar-refractivity contribution in [2.75, 3.05) is 29.2 Å². The molecule has 0 spiro atoms. The van der Waals surface area contributed by atoms with E-state index in [1.54, 1.807) is 24.3 Å². The number of methoxy groups -OCH3 is 1. The number of ether oxygens (including phenoxy) is 1. The fourth-order valence-electron chi connectivity index (χ4n) is 2.63. The third kappa shape index (κ3) is 4.41. The predicted molar refractivity (Wildman–Crippen MR) is 98.8 cm³/mol. The minimum Gasteiger partial charge on any atom is -0.465 e. The Balaban J connectivity index is 1.76. The van der Waals surface area contributed by atoms with Crippen LogP contribution in [0.3, 0.4) is 0 Å². The quantitative estimate of drug-likeness (QED) is 0.740. The van der Waals surface area contributed by atoms with Gasteiger partial charge >= 0.3 is 5.97 Å². The summed E-state index contributed by atoms with van der Waals surface area (Å²) >= 11 is 6.16. The number of esters is 1. The van der Waals surface area contributed by atoms with Gasteiger partial charge in [0, 0.05) is 12.1 Å². The van der Waals surface area contributed by atoms with Crippen molar-refractivity contribution in [1.29, 1.82) is 0 Å². The van der Waals surface area contributed by atoms with E-state index in [0.717, 1.165) is 0 Å². The van der Waals surface area contributed by atoms with Gasteiger partial charge in [0.2, 0.25) is 0 Å². The molecule has 0 aliphatic carbocycles. The van der Waals surface area contributed by atoms with Gasteiger partial charge < -0.3 is 15.4 Å². The van der Waals surface area contributed by atoms with E-state index < -0.39 is 15.8 Å². The number of aromatic nitrogens is 2. The van der Waals surface area contributed by atoms with Crippen LogP contribution in [0, 0.1) is 0 Å². The number of halogens is 1. The first-order chi connectivity index (χ1) is 12.4. The summed E-state index contributed by atoms with van der Waals surface area (Å²) in [5.74, 6) is 0.748. The molecule has 2 N–H and O–H groups in total. The molecule has 1 aromatic heterocycles. The molecule has 26 heavy (non-hydrogen) atoms. The minimum atomic E-state index is -2.98. The third-order valence-corrected chi connectivity index (χ3v) is 6.00. The van der Waals surface area contributed by atoms with Crippen LogP contribution in [-0.4, -0.2) is 49.0 Å². The zero-order valence-electron chi connectivity index (χ0n) is 13.9. The van der Waals surface area contributed by atoms with E-state index in [2.05, 4.69) is 20.6 Å². The molecule has 0 bridgehead atoms. The SMILES string of the molecule is COC(=O)c1ccc(Cl)c(Nc2cc(NC3CCS(=O)(=O)C3)ncn2)c1. The number of anilines is 3. The smallest absolute Gasteiger partial charge is 0.337 e. The summed E-state index contributed by atoms with van der Waals surface area (Å²) in [4.78, 5) is 19.9. The summed E-state index contributed by atoms with van der Waals surface area (Å²) in [5.41, 5.74) is 0.839. The summed E-state index contributed by atoms with van der Waals surface area (Å²) < 4.78 is 27.8. The van der Waals surface area contributed by atoms with Gasteiger partial charge in [0.05, 0.1) is 34.9 Å². The molecule has 10 heteroatoms. The van der Waals surface area contributed by atoms with E-state index in [0.29, 0.717) is 34.3 Å². The number of hydrogen-bond acceptors (Lipinski definition) is 8. The second kappa shape index (κ2) is 7.46. The van der Waals surface area contributed by atoms with Gasteiger partial charge in [-0.2, -0.15) is 0 Å². The maximum Gasteiger partial charge on any atom is 0.337 e. The van der Waals surface area contributed by atoms with Crippen LogP contribution in [0.15, 0.2) is 30.6 Å². The highest BCUT2D eigenvalue weighted by molar-refractivity contribution is 7.91. The van der Waals surface area contributed by atoms with E-state index >= 15 is 0 Å². The van der Waals surface area contributed by atoms with Gasteiger partial charge in [-0.05, 0) is 24.6 Å². The highest BCUT2D eigenvalue weighted by Gasteiger charge is 2.27. The van der Waals surface area contributed by atoms with E-state index in [-0.39, 0.29) is 17.5 Å². The first-order valence-corrected chi connectivity index (χ1v) is 10.00. The molecule has 1 fully saturated rings. The summed E-state index contributed by atoms with van der Waals surface area (Å²) in [6.45, 7) is 0. The predicted octanol–water partition coefficient (Wildman–Crippen LogP) is 2.26. The van der Waals surface area contributed by atoms with Crippen LogP contribution in [-0.2, 0) is 14.6 Å². The Morgan fingerprint density at radius 3 is 2.73 bits per heavy atom. The van der Waals surface area contributed by atoms with E-state index in [1.165, 1.54) is 13.4 Å². The summed E-state index contributed by atoms with van der Waals surface area (Å²) in [6.07, 6.45) is 1.90. The third-order valence-electron chi connectivity index (χ3n) is 3.90. The summed E-state index contributed by atoms with van der Waals surface area (Å²) in [5, 5.41) is 6.53. The monoisotopic (exact) mass is 396 g/mol. The lowest BCUT2D eigenvalue weighted by molar-refractivity contribution is 0.0601. The van der Waals surface area contributed by atoms with Gasteiger partial charge in [-0.15, -0.1) is 0 Å². The van der Waals surface area contributed by atoms with E-state index in [1.807, 2.05) is 0 Å². The average molecular weight is 397 g/mol. The van der Waals surface area contributed by atoms with Crippen LogP contribution in [0.1, 0.15) is 16.8 Å². The van der Waals surface area contributed by atoms with Crippen molar-refractivity contribution in [2.45, 2.75) is 12.5 Å². The van der Waals surface area contributed by atoms with Crippen LogP contribution >= 0.6 is 11.6 Å². The Bertz CT molecular complexity index is 936. The molecule has 1 saturated heterocycles. The average Bonchev–Trinajstić information content (AvgIpc) is 2.95. The maximum atomic E-state index is 11.7. The number of hydrogen-bond donors (Lipinski definition) is 2. The van der Waals surface area contributed by atoms with Crippen LogP contribution < -0.4 is 10.6 Å². The van der Waals surface area contributed by atoms with Gasteiger partial charge in [0.15, 0.2) is 9.84 Å². The highest BCUT2D eigenvalue weighted by atomic mass is 35.5. The van der Waals surface area contributed by atoms with Crippen LogP contribution in [0.25, 0.3) is 0 Å². The van der Waals surface area contributed by atoms with Crippen molar-refractivity contribution in [3.8, 4) is 0 Å².